The molecule has 2 amide bonds. The Morgan fingerprint density at radius 2 is 2.00 bits per heavy atom. The monoisotopic (exact) mass is 281 g/mol. The molecule has 0 radical (unpaired) electrons. The van der Waals surface area contributed by atoms with Gasteiger partial charge in [-0.25, -0.2) is 4.79 Å². The van der Waals surface area contributed by atoms with Crippen molar-refractivity contribution in [1.82, 2.24) is 15.1 Å². The van der Waals surface area contributed by atoms with Gasteiger partial charge in [0, 0.05) is 31.2 Å². The Bertz CT molecular complexity index is 332. The maximum Gasteiger partial charge on any atom is 0.317 e. The van der Waals surface area contributed by atoms with Gasteiger partial charge in [-0.3, -0.25) is 4.90 Å². The third-order valence-corrected chi connectivity index (χ3v) is 4.75. The molecule has 0 bridgehead atoms. The van der Waals surface area contributed by atoms with Gasteiger partial charge in [-0.05, 0) is 52.0 Å². The SMILES string of the molecule is CC(C)CC[C@H](C)NC(=O)N1C[C@H]2CCCN2C[C@H]1C. The van der Waals surface area contributed by atoms with Crippen molar-refractivity contribution in [1.29, 1.82) is 0 Å². The first-order chi connectivity index (χ1) is 9.47. The first-order valence-electron chi connectivity index (χ1n) is 8.28. The van der Waals surface area contributed by atoms with Gasteiger partial charge in [0.2, 0.25) is 0 Å². The molecule has 2 rings (SSSR count). The number of carbonyl (C=O) groups excluding carboxylic acids is 1. The molecule has 0 aromatic heterocycles. The second-order valence-electron chi connectivity index (χ2n) is 7.11. The van der Waals surface area contributed by atoms with Crippen molar-refractivity contribution < 1.29 is 4.79 Å². The Morgan fingerprint density at radius 1 is 1.25 bits per heavy atom. The molecule has 0 aromatic carbocycles. The zero-order valence-corrected chi connectivity index (χ0v) is 13.6. The normalized spacial score (nSPS) is 28.6. The quantitative estimate of drug-likeness (QED) is 0.860. The zero-order chi connectivity index (χ0) is 14.7. The van der Waals surface area contributed by atoms with Crippen LogP contribution in [0.5, 0.6) is 0 Å². The van der Waals surface area contributed by atoms with Crippen molar-refractivity contribution in [2.75, 3.05) is 19.6 Å². The summed E-state index contributed by atoms with van der Waals surface area (Å²) in [6, 6.07) is 1.35. The molecular formula is C16H31N3O. The summed E-state index contributed by atoms with van der Waals surface area (Å²) < 4.78 is 0. The minimum absolute atomic E-state index is 0.139. The number of nitrogens with one attached hydrogen (secondary N) is 1. The maximum absolute atomic E-state index is 12.4. The van der Waals surface area contributed by atoms with Crippen LogP contribution >= 0.6 is 0 Å². The van der Waals surface area contributed by atoms with Gasteiger partial charge in [-0.2, -0.15) is 0 Å². The van der Waals surface area contributed by atoms with E-state index in [9.17, 15) is 4.79 Å². The van der Waals surface area contributed by atoms with Crippen LogP contribution in [0, 0.1) is 5.92 Å². The van der Waals surface area contributed by atoms with E-state index < -0.39 is 0 Å². The van der Waals surface area contributed by atoms with Crippen LogP contribution in [0.15, 0.2) is 0 Å². The molecule has 0 saturated carbocycles. The first kappa shape index (κ1) is 15.6. The number of rotatable bonds is 4. The number of nitrogens with zero attached hydrogens (tertiary/aromatic N) is 2. The average Bonchev–Trinajstić information content (AvgIpc) is 2.82. The van der Waals surface area contributed by atoms with Gasteiger partial charge in [-0.15, -0.1) is 0 Å². The second kappa shape index (κ2) is 6.79. The molecular weight excluding hydrogens is 250 g/mol. The van der Waals surface area contributed by atoms with Crippen LogP contribution in [0.25, 0.3) is 0 Å². The molecule has 2 fully saturated rings. The van der Waals surface area contributed by atoms with Crippen LogP contribution in [0.2, 0.25) is 0 Å². The largest absolute Gasteiger partial charge is 0.336 e. The van der Waals surface area contributed by atoms with Crippen molar-refractivity contribution in [3.63, 3.8) is 0 Å². The Hall–Kier alpha value is -0.770. The lowest BCUT2D eigenvalue weighted by molar-refractivity contribution is 0.0791. The molecule has 0 unspecified atom stereocenters. The summed E-state index contributed by atoms with van der Waals surface area (Å²) in [6.45, 7) is 11.9. The van der Waals surface area contributed by atoms with Crippen LogP contribution in [-0.4, -0.2) is 53.6 Å². The zero-order valence-electron chi connectivity index (χ0n) is 13.6. The lowest BCUT2D eigenvalue weighted by atomic mass is 10.0. The molecule has 116 valence electrons. The predicted octanol–water partition coefficient (Wildman–Crippen LogP) is 2.69. The number of fused-ring (bicyclic) bond motifs is 1. The molecule has 20 heavy (non-hydrogen) atoms. The average molecular weight is 281 g/mol. The fourth-order valence-corrected chi connectivity index (χ4v) is 3.42. The van der Waals surface area contributed by atoms with Gasteiger partial charge in [0.05, 0.1) is 0 Å². The van der Waals surface area contributed by atoms with Gasteiger partial charge in [0.25, 0.3) is 0 Å². The number of piperazine rings is 1. The van der Waals surface area contributed by atoms with E-state index in [1.54, 1.807) is 0 Å². The molecule has 0 aromatic rings. The number of urea groups is 1. The van der Waals surface area contributed by atoms with E-state index in [0.717, 1.165) is 19.5 Å². The van der Waals surface area contributed by atoms with Gasteiger partial charge in [0.1, 0.15) is 0 Å². The number of amides is 2. The molecule has 4 nitrogen and oxygen atoms in total. The van der Waals surface area contributed by atoms with E-state index in [0.29, 0.717) is 18.0 Å². The minimum Gasteiger partial charge on any atom is -0.336 e. The minimum atomic E-state index is 0.139. The summed E-state index contributed by atoms with van der Waals surface area (Å²) in [7, 11) is 0. The maximum atomic E-state index is 12.4. The predicted molar refractivity (Wildman–Crippen MR) is 82.8 cm³/mol. The Labute approximate surface area is 123 Å². The van der Waals surface area contributed by atoms with E-state index in [1.807, 2.05) is 0 Å². The smallest absolute Gasteiger partial charge is 0.317 e. The summed E-state index contributed by atoms with van der Waals surface area (Å²) in [4.78, 5) is 17.1. The van der Waals surface area contributed by atoms with Gasteiger partial charge < -0.3 is 10.2 Å². The van der Waals surface area contributed by atoms with Crippen LogP contribution in [-0.2, 0) is 0 Å². The van der Waals surface area contributed by atoms with Crippen molar-refractivity contribution in [3.8, 4) is 0 Å². The molecule has 2 saturated heterocycles. The molecule has 0 aliphatic carbocycles. The lowest BCUT2D eigenvalue weighted by Crippen LogP contribution is -2.59. The highest BCUT2D eigenvalue weighted by molar-refractivity contribution is 5.75. The van der Waals surface area contributed by atoms with Crippen LogP contribution in [0.3, 0.4) is 0 Å². The van der Waals surface area contributed by atoms with Crippen LogP contribution < -0.4 is 5.32 Å². The Kier molecular flexibility index (Phi) is 5.30. The highest BCUT2D eigenvalue weighted by atomic mass is 16.2. The summed E-state index contributed by atoms with van der Waals surface area (Å²) in [5, 5.41) is 3.18. The van der Waals surface area contributed by atoms with E-state index in [2.05, 4.69) is 42.8 Å². The Morgan fingerprint density at radius 3 is 2.70 bits per heavy atom. The third-order valence-electron chi connectivity index (χ3n) is 4.75. The van der Waals surface area contributed by atoms with Crippen molar-refractivity contribution in [3.05, 3.63) is 0 Å². The summed E-state index contributed by atoms with van der Waals surface area (Å²) in [5.74, 6) is 0.704. The molecule has 1 N–H and O–H groups in total. The number of carbonyl (C=O) groups is 1. The summed E-state index contributed by atoms with van der Waals surface area (Å²) in [6.07, 6.45) is 4.78. The van der Waals surface area contributed by atoms with Crippen LogP contribution in [0.4, 0.5) is 4.79 Å². The fraction of sp³-hybridized carbons (Fsp3) is 0.938. The van der Waals surface area contributed by atoms with Crippen LogP contribution in [0.1, 0.15) is 53.4 Å². The van der Waals surface area contributed by atoms with Crippen molar-refractivity contribution >= 4 is 6.03 Å². The summed E-state index contributed by atoms with van der Waals surface area (Å²) >= 11 is 0. The van der Waals surface area contributed by atoms with Gasteiger partial charge >= 0.3 is 6.03 Å². The first-order valence-corrected chi connectivity index (χ1v) is 8.28. The molecule has 0 spiro atoms. The Balaban J connectivity index is 1.82. The second-order valence-corrected chi connectivity index (χ2v) is 7.11. The van der Waals surface area contributed by atoms with Crippen molar-refractivity contribution in [2.45, 2.75) is 71.5 Å². The fourth-order valence-electron chi connectivity index (χ4n) is 3.42. The molecule has 3 atom stereocenters. The molecule has 2 aliphatic rings. The molecule has 2 heterocycles. The van der Waals surface area contributed by atoms with Crippen molar-refractivity contribution in [2.24, 2.45) is 5.92 Å². The molecule has 2 aliphatic heterocycles. The van der Waals surface area contributed by atoms with E-state index >= 15 is 0 Å². The highest BCUT2D eigenvalue weighted by Gasteiger charge is 2.36. The van der Waals surface area contributed by atoms with Gasteiger partial charge in [0.15, 0.2) is 0 Å². The molecule has 4 heteroatoms. The third kappa shape index (κ3) is 3.87. The topological polar surface area (TPSA) is 35.6 Å². The summed E-state index contributed by atoms with van der Waals surface area (Å²) in [5.41, 5.74) is 0. The lowest BCUT2D eigenvalue weighted by Gasteiger charge is -2.42. The number of hydrogen-bond acceptors (Lipinski definition) is 2. The van der Waals surface area contributed by atoms with E-state index in [1.165, 1.54) is 25.8 Å². The standard InChI is InChI=1S/C16H31N3O/c1-12(2)7-8-13(3)17-16(20)19-11-15-6-5-9-18(15)10-14(19)4/h12-15H,5-11H2,1-4H3,(H,17,20)/t13-,14+,15+/m0/s1. The highest BCUT2D eigenvalue weighted by Crippen LogP contribution is 2.24. The van der Waals surface area contributed by atoms with E-state index in [-0.39, 0.29) is 12.1 Å². The van der Waals surface area contributed by atoms with Gasteiger partial charge in [-0.1, -0.05) is 13.8 Å². The van der Waals surface area contributed by atoms with E-state index in [4.69, 9.17) is 0 Å². The number of hydrogen-bond donors (Lipinski definition) is 1.